The number of aromatic nitrogens is 1. The van der Waals surface area contributed by atoms with Crippen molar-refractivity contribution in [1.82, 2.24) is 4.57 Å². The fourth-order valence-corrected chi connectivity index (χ4v) is 12.3. The lowest BCUT2D eigenvalue weighted by atomic mass is 9.68. The second kappa shape index (κ2) is 18.4. The maximum atomic E-state index is 2.54. The first kappa shape index (κ1) is 44.0. The lowest BCUT2D eigenvalue weighted by Gasteiger charge is -2.34. The summed E-state index contributed by atoms with van der Waals surface area (Å²) >= 11 is 0. The number of hydrogen-bond acceptors (Lipinski definition) is 1. The van der Waals surface area contributed by atoms with Gasteiger partial charge >= 0.3 is 0 Å². The molecule has 2 nitrogen and oxygen atoms in total. The molecule has 13 aromatic rings. The Labute approximate surface area is 438 Å². The molecule has 1 aromatic heterocycles. The van der Waals surface area contributed by atoms with Gasteiger partial charge < -0.3 is 9.47 Å². The maximum absolute atomic E-state index is 2.54. The van der Waals surface area contributed by atoms with E-state index in [4.69, 9.17) is 0 Å². The zero-order valence-electron chi connectivity index (χ0n) is 41.3. The van der Waals surface area contributed by atoms with Crippen molar-refractivity contribution in [1.29, 1.82) is 0 Å². The van der Waals surface area contributed by atoms with Gasteiger partial charge in [-0.25, -0.2) is 0 Å². The van der Waals surface area contributed by atoms with Crippen molar-refractivity contribution in [3.63, 3.8) is 0 Å². The van der Waals surface area contributed by atoms with Gasteiger partial charge in [0.05, 0.1) is 27.8 Å². The largest absolute Gasteiger partial charge is 0.310 e. The summed E-state index contributed by atoms with van der Waals surface area (Å²) in [6.07, 6.45) is 0. The molecule has 0 spiro atoms. The van der Waals surface area contributed by atoms with E-state index >= 15 is 0 Å². The number of nitrogens with zero attached hydrogens (tertiary/aromatic N) is 2. The highest BCUT2D eigenvalue weighted by atomic mass is 15.1. The Kier molecular flexibility index (Phi) is 10.8. The van der Waals surface area contributed by atoms with Gasteiger partial charge in [-0.2, -0.15) is 0 Å². The van der Waals surface area contributed by atoms with Gasteiger partial charge in [0, 0.05) is 33.3 Å². The predicted molar refractivity (Wildman–Crippen MR) is 315 cm³/mol. The molecule has 1 aliphatic carbocycles. The first-order valence-corrected chi connectivity index (χ1v) is 25.9. The third-order valence-corrected chi connectivity index (χ3v) is 15.5. The minimum atomic E-state index is -0.514. The van der Waals surface area contributed by atoms with Crippen LogP contribution in [0, 0.1) is 0 Å². The molecule has 0 unspecified atom stereocenters. The van der Waals surface area contributed by atoms with Crippen molar-refractivity contribution in [2.75, 3.05) is 4.90 Å². The van der Waals surface area contributed by atoms with Crippen LogP contribution in [0.2, 0.25) is 0 Å². The van der Waals surface area contributed by atoms with Crippen LogP contribution in [-0.2, 0) is 5.41 Å². The topological polar surface area (TPSA) is 8.17 Å². The van der Waals surface area contributed by atoms with E-state index < -0.39 is 5.41 Å². The summed E-state index contributed by atoms with van der Waals surface area (Å²) in [5.41, 5.74) is 23.1. The molecule has 352 valence electrons. The highest BCUT2D eigenvalue weighted by molar-refractivity contribution is 6.11. The van der Waals surface area contributed by atoms with Gasteiger partial charge in [0.1, 0.15) is 0 Å². The molecule has 0 saturated carbocycles. The summed E-state index contributed by atoms with van der Waals surface area (Å²) in [7, 11) is 0. The fraction of sp³-hybridized carbons (Fsp3) is 0.0137. The van der Waals surface area contributed by atoms with Crippen LogP contribution < -0.4 is 4.90 Å². The van der Waals surface area contributed by atoms with E-state index in [1.54, 1.807) is 0 Å². The molecule has 14 rings (SSSR count). The third-order valence-electron chi connectivity index (χ3n) is 15.5. The molecule has 0 amide bonds. The second-order valence-electron chi connectivity index (χ2n) is 19.5. The Morgan fingerprint density at radius 3 is 1.45 bits per heavy atom. The Balaban J connectivity index is 0.974. The van der Waals surface area contributed by atoms with Crippen molar-refractivity contribution in [2.24, 2.45) is 0 Å². The average Bonchev–Trinajstić information content (AvgIpc) is 4.09. The molecule has 0 atom stereocenters. The Hall–Kier alpha value is -9.76. The van der Waals surface area contributed by atoms with Crippen LogP contribution in [0.1, 0.15) is 22.3 Å². The maximum Gasteiger partial charge on any atom is 0.0714 e. The van der Waals surface area contributed by atoms with Gasteiger partial charge in [-0.05, 0) is 121 Å². The van der Waals surface area contributed by atoms with Crippen LogP contribution in [0.5, 0.6) is 0 Å². The molecule has 12 aromatic carbocycles. The first-order chi connectivity index (χ1) is 37.2. The van der Waals surface area contributed by atoms with Gasteiger partial charge in [0.25, 0.3) is 0 Å². The molecule has 2 heteroatoms. The SMILES string of the molecule is c1ccc(-c2cc(-c3ccccc3)cc(N(c3ccccc3)c3ccccc3-c3ccccc3-c3ccc4c5ccccc5n(-c5cccc6c5-c5ccccc5C6(c5ccccc5)c5ccccc5)c4c3)c2)cc1. The summed E-state index contributed by atoms with van der Waals surface area (Å²) in [6.45, 7) is 0. The lowest BCUT2D eigenvalue weighted by molar-refractivity contribution is 0.768. The van der Waals surface area contributed by atoms with Crippen molar-refractivity contribution < 1.29 is 0 Å². The van der Waals surface area contributed by atoms with E-state index in [9.17, 15) is 0 Å². The van der Waals surface area contributed by atoms with Crippen LogP contribution in [0.25, 0.3) is 83.1 Å². The summed E-state index contributed by atoms with van der Waals surface area (Å²) in [4.78, 5) is 2.44. The summed E-state index contributed by atoms with van der Waals surface area (Å²) in [5, 5.41) is 2.45. The van der Waals surface area contributed by atoms with Gasteiger partial charge in [0.15, 0.2) is 0 Å². The monoisotopic (exact) mass is 954 g/mol. The molecule has 0 bridgehead atoms. The summed E-state index contributed by atoms with van der Waals surface area (Å²) in [5.74, 6) is 0. The minimum Gasteiger partial charge on any atom is -0.310 e. The smallest absolute Gasteiger partial charge is 0.0714 e. The Morgan fingerprint density at radius 2 is 0.787 bits per heavy atom. The highest BCUT2D eigenvalue weighted by Gasteiger charge is 2.47. The van der Waals surface area contributed by atoms with E-state index in [-0.39, 0.29) is 0 Å². The number of rotatable bonds is 10. The van der Waals surface area contributed by atoms with Crippen LogP contribution in [0.3, 0.4) is 0 Å². The molecule has 1 aliphatic rings. The van der Waals surface area contributed by atoms with Crippen molar-refractivity contribution in [2.45, 2.75) is 5.41 Å². The highest BCUT2D eigenvalue weighted by Crippen LogP contribution is 2.58. The Morgan fingerprint density at radius 1 is 0.280 bits per heavy atom. The molecule has 0 fully saturated rings. The van der Waals surface area contributed by atoms with Gasteiger partial charge in [-0.15, -0.1) is 0 Å². The van der Waals surface area contributed by atoms with Crippen LogP contribution in [0.15, 0.2) is 303 Å². The summed E-state index contributed by atoms with van der Waals surface area (Å²) in [6, 6.07) is 111. The first-order valence-electron chi connectivity index (χ1n) is 25.9. The number of fused-ring (bicyclic) bond motifs is 6. The van der Waals surface area contributed by atoms with Crippen molar-refractivity contribution in [3.8, 4) is 61.3 Å². The summed E-state index contributed by atoms with van der Waals surface area (Å²) < 4.78 is 2.54. The van der Waals surface area contributed by atoms with Crippen LogP contribution in [0.4, 0.5) is 17.1 Å². The van der Waals surface area contributed by atoms with Gasteiger partial charge in [0.2, 0.25) is 0 Å². The van der Waals surface area contributed by atoms with E-state index in [1.165, 1.54) is 66.5 Å². The minimum absolute atomic E-state index is 0.514. The van der Waals surface area contributed by atoms with E-state index in [2.05, 4.69) is 313 Å². The third kappa shape index (κ3) is 7.25. The average molecular weight is 955 g/mol. The molecular weight excluding hydrogens is 905 g/mol. The van der Waals surface area contributed by atoms with Gasteiger partial charge in [-0.3, -0.25) is 0 Å². The Bertz CT molecular complexity index is 4120. The normalized spacial score (nSPS) is 12.4. The number of anilines is 3. The molecule has 0 saturated heterocycles. The van der Waals surface area contributed by atoms with Crippen LogP contribution in [-0.4, -0.2) is 4.57 Å². The number of para-hydroxylation sites is 3. The lowest BCUT2D eigenvalue weighted by Crippen LogP contribution is -2.28. The predicted octanol–water partition coefficient (Wildman–Crippen LogP) is 19.3. The van der Waals surface area contributed by atoms with Crippen LogP contribution >= 0.6 is 0 Å². The zero-order valence-corrected chi connectivity index (χ0v) is 41.3. The van der Waals surface area contributed by atoms with E-state index in [0.29, 0.717) is 0 Å². The van der Waals surface area contributed by atoms with Crippen molar-refractivity contribution in [3.05, 3.63) is 326 Å². The fourth-order valence-electron chi connectivity index (χ4n) is 12.3. The standard InChI is InChI=1S/C73H50N2/c1-6-25-51(26-7-1)54-47-55(52-27-8-2-9-28-52)49-59(48-54)74(58-33-14-5-15-34-58)68-42-22-19-37-62(68)61-36-17-16-35-60(61)53-45-46-64-63-38-20-23-43-69(63)75(71(64)50-53)70-44-24-41-67-72(70)65-39-18-21-40-66(65)73(67,56-29-10-3-11-30-56)57-31-12-4-13-32-57/h1-50H. The number of hydrogen-bond donors (Lipinski definition) is 0. The molecule has 1 heterocycles. The second-order valence-corrected chi connectivity index (χ2v) is 19.5. The zero-order chi connectivity index (χ0) is 49.7. The molecule has 0 N–H and O–H groups in total. The molecule has 0 radical (unpaired) electrons. The van der Waals surface area contributed by atoms with E-state index in [0.717, 1.165) is 56.0 Å². The quantitative estimate of drug-likeness (QED) is 0.133. The molecular formula is C73H50N2. The van der Waals surface area contributed by atoms with Gasteiger partial charge in [-0.1, -0.05) is 249 Å². The van der Waals surface area contributed by atoms with E-state index in [1.807, 2.05) is 0 Å². The van der Waals surface area contributed by atoms with Crippen molar-refractivity contribution >= 4 is 38.9 Å². The number of benzene rings is 12. The molecule has 0 aliphatic heterocycles. The molecule has 75 heavy (non-hydrogen) atoms.